The summed E-state index contributed by atoms with van der Waals surface area (Å²) in [4.78, 5) is 0. The molecule has 0 bridgehead atoms. The van der Waals surface area contributed by atoms with E-state index in [4.69, 9.17) is 13.3 Å². The summed E-state index contributed by atoms with van der Waals surface area (Å²) in [5.41, 5.74) is 0. The molecule has 0 N–H and O–H groups in total. The zero-order chi connectivity index (χ0) is 21.5. The van der Waals surface area contributed by atoms with Crippen molar-refractivity contribution in [1.29, 1.82) is 0 Å². The summed E-state index contributed by atoms with van der Waals surface area (Å²) in [7, 11) is -2.73. The molecule has 0 radical (unpaired) electrons. The highest BCUT2D eigenvalue weighted by atomic mass is 31.1. The van der Waals surface area contributed by atoms with Gasteiger partial charge in [0.1, 0.15) is 0 Å². The molecule has 0 aliphatic heterocycles. The maximum Gasteiger partial charge on any atom is 0.500 e. The van der Waals surface area contributed by atoms with Gasteiger partial charge in [-0.15, -0.1) is 0 Å². The lowest BCUT2D eigenvalue weighted by Crippen LogP contribution is -2.45. The molecule has 0 spiro atoms. The first kappa shape index (κ1) is 25.2. The Morgan fingerprint density at radius 2 is 1.03 bits per heavy atom. The van der Waals surface area contributed by atoms with Crippen LogP contribution in [0.1, 0.15) is 52.9 Å². The minimum atomic E-state index is -2.47. The fourth-order valence-corrected chi connectivity index (χ4v) is 8.87. The Balaban J connectivity index is 1.77. The molecule has 30 heavy (non-hydrogen) atoms. The van der Waals surface area contributed by atoms with Gasteiger partial charge in [0.05, 0.1) is 0 Å². The lowest BCUT2D eigenvalue weighted by atomic mass is 10.2. The summed E-state index contributed by atoms with van der Waals surface area (Å²) < 4.78 is 17.9. The van der Waals surface area contributed by atoms with Crippen molar-refractivity contribution in [3.05, 3.63) is 60.7 Å². The Bertz CT molecular complexity index is 612. The van der Waals surface area contributed by atoms with E-state index in [9.17, 15) is 0 Å². The molecule has 2 rings (SSSR count). The third-order valence-electron chi connectivity index (χ3n) is 5.09. The van der Waals surface area contributed by atoms with Crippen molar-refractivity contribution < 1.29 is 13.3 Å². The predicted octanol–water partition coefficient (Wildman–Crippen LogP) is 6.12. The molecule has 0 aliphatic rings. The highest BCUT2D eigenvalue weighted by molar-refractivity contribution is 7.73. The van der Waals surface area contributed by atoms with Crippen LogP contribution in [0.3, 0.4) is 0 Å². The standard InChI is InChI=1S/C25H39O3PSi/c1-4-26-30(27-5-2,28-6-3)23-17-9-7-8-16-22-29(24-18-12-10-13-19-24)25-20-14-11-15-21-25/h10-15,18-21H,4-9,16-17,22-23H2,1-3H3. The minimum absolute atomic E-state index is 0.262. The van der Waals surface area contributed by atoms with Gasteiger partial charge in [-0.2, -0.15) is 0 Å². The molecule has 2 aromatic carbocycles. The van der Waals surface area contributed by atoms with Crippen LogP contribution < -0.4 is 10.6 Å². The highest BCUT2D eigenvalue weighted by Gasteiger charge is 2.39. The quantitative estimate of drug-likeness (QED) is 0.177. The van der Waals surface area contributed by atoms with Crippen molar-refractivity contribution >= 4 is 27.3 Å². The molecule has 5 heteroatoms. The largest absolute Gasteiger partial charge is 0.500 e. The van der Waals surface area contributed by atoms with Crippen LogP contribution in [0.5, 0.6) is 0 Å². The zero-order valence-corrected chi connectivity index (χ0v) is 20.9. The first-order valence-corrected chi connectivity index (χ1v) is 15.0. The van der Waals surface area contributed by atoms with Crippen LogP contribution >= 0.6 is 7.92 Å². The Morgan fingerprint density at radius 3 is 1.50 bits per heavy atom. The number of rotatable bonds is 16. The Labute approximate surface area is 186 Å². The van der Waals surface area contributed by atoms with Gasteiger partial charge in [-0.1, -0.05) is 79.9 Å². The topological polar surface area (TPSA) is 27.7 Å². The van der Waals surface area contributed by atoms with E-state index in [1.54, 1.807) is 0 Å². The maximum absolute atomic E-state index is 5.96. The first-order chi connectivity index (χ1) is 14.7. The average molecular weight is 447 g/mol. The van der Waals surface area contributed by atoms with Gasteiger partial charge < -0.3 is 13.3 Å². The minimum Gasteiger partial charge on any atom is -0.374 e. The van der Waals surface area contributed by atoms with E-state index < -0.39 is 8.80 Å². The third kappa shape index (κ3) is 8.61. The molecular weight excluding hydrogens is 407 g/mol. The maximum atomic E-state index is 5.96. The third-order valence-corrected chi connectivity index (χ3v) is 10.9. The Morgan fingerprint density at radius 1 is 0.600 bits per heavy atom. The van der Waals surface area contributed by atoms with Gasteiger partial charge in [0, 0.05) is 25.9 Å². The zero-order valence-electron chi connectivity index (χ0n) is 19.0. The SMILES string of the molecule is CCO[Si](CCCCCCCP(c1ccccc1)c1ccccc1)(OCC)OCC. The van der Waals surface area contributed by atoms with Gasteiger partial charge in [0.15, 0.2) is 0 Å². The van der Waals surface area contributed by atoms with Gasteiger partial charge >= 0.3 is 8.80 Å². The van der Waals surface area contributed by atoms with Crippen molar-refractivity contribution in [1.82, 2.24) is 0 Å². The number of hydrogen-bond donors (Lipinski definition) is 0. The molecule has 2 aromatic rings. The molecule has 0 saturated carbocycles. The molecule has 3 nitrogen and oxygen atoms in total. The first-order valence-electron chi connectivity index (χ1n) is 11.5. The summed E-state index contributed by atoms with van der Waals surface area (Å²) >= 11 is 0. The van der Waals surface area contributed by atoms with Gasteiger partial charge in [0.2, 0.25) is 0 Å². The van der Waals surface area contributed by atoms with Crippen molar-refractivity contribution in [3.63, 3.8) is 0 Å². The van der Waals surface area contributed by atoms with E-state index in [1.807, 2.05) is 20.8 Å². The van der Waals surface area contributed by atoms with Crippen molar-refractivity contribution in [2.24, 2.45) is 0 Å². The van der Waals surface area contributed by atoms with Crippen molar-refractivity contribution in [2.75, 3.05) is 26.0 Å². The number of hydrogen-bond acceptors (Lipinski definition) is 3. The van der Waals surface area contributed by atoms with Crippen LogP contribution in [0.25, 0.3) is 0 Å². The Kier molecular flexibility index (Phi) is 12.5. The van der Waals surface area contributed by atoms with Gasteiger partial charge in [-0.05, 0) is 58.3 Å². The summed E-state index contributed by atoms with van der Waals surface area (Å²) in [5.74, 6) is 0. The normalized spacial score (nSPS) is 11.9. The molecule has 0 fully saturated rings. The lowest BCUT2D eigenvalue weighted by molar-refractivity contribution is 0.0706. The van der Waals surface area contributed by atoms with E-state index in [0.29, 0.717) is 19.8 Å². The lowest BCUT2D eigenvalue weighted by Gasteiger charge is -2.28. The predicted molar refractivity (Wildman–Crippen MR) is 132 cm³/mol. The molecular formula is C25H39O3PSi. The van der Waals surface area contributed by atoms with Gasteiger partial charge in [-0.3, -0.25) is 0 Å². The highest BCUT2D eigenvalue weighted by Crippen LogP contribution is 2.34. The van der Waals surface area contributed by atoms with Crippen LogP contribution in [0, 0.1) is 0 Å². The molecule has 0 heterocycles. The summed E-state index contributed by atoms with van der Waals surface area (Å²) in [6.45, 7) is 8.06. The molecule has 0 amide bonds. The van der Waals surface area contributed by atoms with Crippen molar-refractivity contribution in [3.8, 4) is 0 Å². The van der Waals surface area contributed by atoms with Crippen LogP contribution in [0.15, 0.2) is 60.7 Å². The molecule has 0 atom stereocenters. The second-order valence-corrected chi connectivity index (χ2v) is 12.4. The van der Waals surface area contributed by atoms with E-state index in [0.717, 1.165) is 12.5 Å². The van der Waals surface area contributed by atoms with Crippen molar-refractivity contribution in [2.45, 2.75) is 58.9 Å². The monoisotopic (exact) mass is 446 g/mol. The van der Waals surface area contributed by atoms with E-state index in [1.165, 1.54) is 42.5 Å². The fraction of sp³-hybridized carbons (Fsp3) is 0.520. The van der Waals surface area contributed by atoms with E-state index >= 15 is 0 Å². The summed E-state index contributed by atoms with van der Waals surface area (Å²) in [6.07, 6.45) is 7.43. The molecule has 0 unspecified atom stereocenters. The fourth-order valence-electron chi connectivity index (χ4n) is 3.77. The Hall–Kier alpha value is -1.03. The molecule has 0 aromatic heterocycles. The van der Waals surface area contributed by atoms with Gasteiger partial charge in [0.25, 0.3) is 0 Å². The van der Waals surface area contributed by atoms with E-state index in [2.05, 4.69) is 60.7 Å². The molecule has 0 aliphatic carbocycles. The van der Waals surface area contributed by atoms with Crippen LogP contribution in [-0.4, -0.2) is 34.8 Å². The average Bonchev–Trinajstić information content (AvgIpc) is 2.77. The van der Waals surface area contributed by atoms with E-state index in [-0.39, 0.29) is 7.92 Å². The van der Waals surface area contributed by atoms with Gasteiger partial charge in [-0.25, -0.2) is 0 Å². The smallest absolute Gasteiger partial charge is 0.374 e. The van der Waals surface area contributed by atoms with Crippen LogP contribution in [0.4, 0.5) is 0 Å². The number of benzene rings is 2. The number of unbranched alkanes of at least 4 members (excludes halogenated alkanes) is 4. The van der Waals surface area contributed by atoms with Crippen LogP contribution in [-0.2, 0) is 13.3 Å². The summed E-state index contributed by atoms with van der Waals surface area (Å²) in [5, 5.41) is 2.97. The molecule has 166 valence electrons. The second-order valence-electron chi connectivity index (χ2n) is 7.32. The summed E-state index contributed by atoms with van der Waals surface area (Å²) in [6, 6.07) is 23.0. The van der Waals surface area contributed by atoms with Crippen LogP contribution in [0.2, 0.25) is 6.04 Å². The molecule has 0 saturated heterocycles. The second kappa shape index (κ2) is 14.9.